The Morgan fingerprint density at radius 3 is 2.46 bits per heavy atom. The summed E-state index contributed by atoms with van der Waals surface area (Å²) in [6, 6.07) is 13.6. The molecule has 3 aromatic rings. The Labute approximate surface area is 143 Å². The average Bonchev–Trinajstić information content (AvgIpc) is 3.01. The molecule has 4 rings (SSSR count). The van der Waals surface area contributed by atoms with E-state index < -0.39 is 6.23 Å². The summed E-state index contributed by atoms with van der Waals surface area (Å²) < 4.78 is 12.6. The minimum atomic E-state index is -0.817. The zero-order valence-corrected chi connectivity index (χ0v) is 14.1. The van der Waals surface area contributed by atoms with E-state index in [1.807, 2.05) is 48.5 Å². The van der Waals surface area contributed by atoms with E-state index in [1.54, 1.807) is 18.8 Å². The van der Waals surface area contributed by atoms with Crippen LogP contribution in [0.3, 0.4) is 0 Å². The van der Waals surface area contributed by atoms with Crippen LogP contribution in [0.15, 0.2) is 53.7 Å². The van der Waals surface area contributed by atoms with Crippen molar-refractivity contribution in [1.82, 2.24) is 9.55 Å². The van der Waals surface area contributed by atoms with Crippen molar-refractivity contribution in [3.8, 4) is 11.5 Å². The van der Waals surface area contributed by atoms with Crippen LogP contribution in [0, 0.1) is 0 Å². The molecule has 2 heterocycles. The summed E-state index contributed by atoms with van der Waals surface area (Å²) in [5.74, 6) is 1.31. The monoisotopic (exact) mass is 340 g/mol. The van der Waals surface area contributed by atoms with Crippen molar-refractivity contribution in [2.24, 2.45) is 0 Å². The van der Waals surface area contributed by atoms with Crippen molar-refractivity contribution < 1.29 is 14.6 Å². The van der Waals surface area contributed by atoms with Gasteiger partial charge in [-0.1, -0.05) is 42.1 Å². The molecule has 24 heavy (non-hydrogen) atoms. The largest absolute Gasteiger partial charge is 0.494 e. The first-order valence-electron chi connectivity index (χ1n) is 7.49. The van der Waals surface area contributed by atoms with Crippen LogP contribution in [0.4, 0.5) is 0 Å². The highest BCUT2D eigenvalue weighted by Crippen LogP contribution is 2.45. The highest BCUT2D eigenvalue weighted by atomic mass is 32.2. The second kappa shape index (κ2) is 5.89. The van der Waals surface area contributed by atoms with Gasteiger partial charge in [-0.3, -0.25) is 4.57 Å². The van der Waals surface area contributed by atoms with Crippen molar-refractivity contribution in [2.45, 2.75) is 11.4 Å². The first kappa shape index (κ1) is 15.1. The predicted molar refractivity (Wildman–Crippen MR) is 94.4 cm³/mol. The second-order valence-corrected chi connectivity index (χ2v) is 6.35. The summed E-state index contributed by atoms with van der Waals surface area (Å²) >= 11 is 1.52. The maximum absolute atomic E-state index is 10.7. The second-order valence-electron chi connectivity index (χ2n) is 5.34. The van der Waals surface area contributed by atoms with E-state index in [4.69, 9.17) is 9.47 Å². The van der Waals surface area contributed by atoms with Gasteiger partial charge in [-0.05, 0) is 23.8 Å². The number of fused-ring (bicyclic) bond motifs is 3. The van der Waals surface area contributed by atoms with Crippen LogP contribution in [-0.2, 0) is 0 Å². The topological polar surface area (TPSA) is 56.5 Å². The van der Waals surface area contributed by atoms with E-state index in [0.717, 1.165) is 16.0 Å². The SMILES string of the molecule is COc1ccc(OC)c2c1nc1n2[C@@H](O)C=C(c2ccccc2)S1. The van der Waals surface area contributed by atoms with Crippen LogP contribution < -0.4 is 9.47 Å². The van der Waals surface area contributed by atoms with Crippen LogP contribution >= 0.6 is 11.8 Å². The number of aromatic nitrogens is 2. The zero-order chi connectivity index (χ0) is 16.7. The van der Waals surface area contributed by atoms with E-state index >= 15 is 0 Å². The maximum atomic E-state index is 10.7. The van der Waals surface area contributed by atoms with Gasteiger partial charge >= 0.3 is 0 Å². The van der Waals surface area contributed by atoms with Crippen molar-refractivity contribution >= 4 is 27.7 Å². The highest BCUT2D eigenvalue weighted by molar-refractivity contribution is 8.08. The van der Waals surface area contributed by atoms with Crippen molar-refractivity contribution in [2.75, 3.05) is 14.2 Å². The molecule has 0 radical (unpaired) electrons. The van der Waals surface area contributed by atoms with Gasteiger partial charge in [-0.15, -0.1) is 0 Å². The van der Waals surface area contributed by atoms with Gasteiger partial charge in [0.25, 0.3) is 0 Å². The van der Waals surface area contributed by atoms with Crippen LogP contribution in [-0.4, -0.2) is 28.9 Å². The molecule has 0 bridgehead atoms. The Morgan fingerprint density at radius 2 is 1.75 bits per heavy atom. The molecule has 1 aliphatic rings. The van der Waals surface area contributed by atoms with E-state index in [1.165, 1.54) is 11.8 Å². The standard InChI is InChI=1S/C18H16N2O3S/c1-22-12-8-9-13(23-2)17-16(12)19-18-20(17)15(21)10-14(24-18)11-6-4-3-5-7-11/h3-10,15,21H,1-2H3/t15-/m0/s1. The number of aliphatic hydroxyl groups is 1. The number of thioether (sulfide) groups is 1. The highest BCUT2D eigenvalue weighted by Gasteiger charge is 2.27. The Morgan fingerprint density at radius 1 is 1.04 bits per heavy atom. The van der Waals surface area contributed by atoms with Crippen molar-refractivity contribution in [1.29, 1.82) is 0 Å². The number of aliphatic hydroxyl groups excluding tert-OH is 1. The average molecular weight is 340 g/mol. The molecule has 122 valence electrons. The number of rotatable bonds is 3. The van der Waals surface area contributed by atoms with Gasteiger partial charge in [0.05, 0.1) is 14.2 Å². The number of hydrogen-bond acceptors (Lipinski definition) is 5. The maximum Gasteiger partial charge on any atom is 0.176 e. The molecule has 2 aromatic carbocycles. The normalized spacial score (nSPS) is 16.6. The number of ether oxygens (including phenoxy) is 2. The Bertz CT molecular complexity index is 934. The molecular formula is C18H16N2O3S. The lowest BCUT2D eigenvalue weighted by atomic mass is 10.2. The Balaban J connectivity index is 1.90. The first-order valence-corrected chi connectivity index (χ1v) is 8.30. The fourth-order valence-electron chi connectivity index (χ4n) is 2.88. The molecule has 0 saturated heterocycles. The van der Waals surface area contributed by atoms with Crippen molar-refractivity contribution in [3.05, 3.63) is 54.1 Å². The predicted octanol–water partition coefficient (Wildman–Crippen LogP) is 3.69. The molecule has 0 saturated carbocycles. The fraction of sp³-hybridized carbons (Fsp3) is 0.167. The molecular weight excluding hydrogens is 324 g/mol. The zero-order valence-electron chi connectivity index (χ0n) is 13.3. The van der Waals surface area contributed by atoms with Gasteiger partial charge in [0.2, 0.25) is 0 Å². The third-order valence-electron chi connectivity index (χ3n) is 4.00. The van der Waals surface area contributed by atoms with Crippen molar-refractivity contribution in [3.63, 3.8) is 0 Å². The van der Waals surface area contributed by atoms with E-state index in [-0.39, 0.29) is 0 Å². The molecule has 1 atom stereocenters. The molecule has 5 nitrogen and oxygen atoms in total. The summed E-state index contributed by atoms with van der Waals surface area (Å²) in [5.41, 5.74) is 2.47. The molecule has 1 aromatic heterocycles. The van der Waals surface area contributed by atoms with Gasteiger partial charge in [0, 0.05) is 4.91 Å². The number of benzene rings is 2. The molecule has 0 fully saturated rings. The van der Waals surface area contributed by atoms with E-state index in [9.17, 15) is 5.11 Å². The minimum Gasteiger partial charge on any atom is -0.494 e. The summed E-state index contributed by atoms with van der Waals surface area (Å²) in [5, 5.41) is 11.4. The van der Waals surface area contributed by atoms with Crippen LogP contribution in [0.2, 0.25) is 0 Å². The quantitative estimate of drug-likeness (QED) is 0.788. The number of methoxy groups -OCH3 is 2. The molecule has 0 aliphatic carbocycles. The first-order chi connectivity index (χ1) is 11.7. The molecule has 0 unspecified atom stereocenters. The van der Waals surface area contributed by atoms with Gasteiger partial charge in [-0.2, -0.15) is 0 Å². The van der Waals surface area contributed by atoms with Gasteiger partial charge in [0.1, 0.15) is 22.5 Å². The Hall–Kier alpha value is -2.44. The summed E-state index contributed by atoms with van der Waals surface area (Å²) in [7, 11) is 3.21. The summed E-state index contributed by atoms with van der Waals surface area (Å²) in [6.07, 6.45) is 1.01. The minimum absolute atomic E-state index is 0.653. The van der Waals surface area contributed by atoms with E-state index in [0.29, 0.717) is 22.2 Å². The van der Waals surface area contributed by atoms with Gasteiger partial charge in [0.15, 0.2) is 11.4 Å². The smallest absolute Gasteiger partial charge is 0.176 e. The fourth-order valence-corrected chi connectivity index (χ4v) is 3.95. The van der Waals surface area contributed by atoms with Crippen LogP contribution in [0.25, 0.3) is 15.9 Å². The number of imidazole rings is 1. The molecule has 1 aliphatic heterocycles. The Kier molecular flexibility index (Phi) is 3.70. The lowest BCUT2D eigenvalue weighted by Crippen LogP contribution is -2.11. The molecule has 1 N–H and O–H groups in total. The van der Waals surface area contributed by atoms with Gasteiger partial charge < -0.3 is 14.6 Å². The van der Waals surface area contributed by atoms with Gasteiger partial charge in [-0.25, -0.2) is 4.98 Å². The summed E-state index contributed by atoms with van der Waals surface area (Å²) in [6.45, 7) is 0. The third kappa shape index (κ3) is 2.26. The summed E-state index contributed by atoms with van der Waals surface area (Å²) in [4.78, 5) is 5.65. The molecule has 6 heteroatoms. The number of nitrogens with zero attached hydrogens (tertiary/aromatic N) is 2. The number of hydrogen-bond donors (Lipinski definition) is 1. The molecule has 0 amide bonds. The molecule has 0 spiro atoms. The lowest BCUT2D eigenvalue weighted by Gasteiger charge is -2.21. The third-order valence-corrected chi connectivity index (χ3v) is 5.06. The van der Waals surface area contributed by atoms with Crippen LogP contribution in [0.1, 0.15) is 11.8 Å². The van der Waals surface area contributed by atoms with E-state index in [2.05, 4.69) is 4.98 Å². The van der Waals surface area contributed by atoms with Crippen LogP contribution in [0.5, 0.6) is 11.5 Å². The lowest BCUT2D eigenvalue weighted by molar-refractivity contribution is 0.148.